The summed E-state index contributed by atoms with van der Waals surface area (Å²) in [6.07, 6.45) is 1.54. The fourth-order valence-corrected chi connectivity index (χ4v) is 4.38. The molecule has 3 aromatic carbocycles. The number of benzene rings is 3. The van der Waals surface area contributed by atoms with E-state index in [0.717, 1.165) is 19.2 Å². The first kappa shape index (κ1) is 26.5. The van der Waals surface area contributed by atoms with Gasteiger partial charge in [-0.2, -0.15) is 5.26 Å². The number of hydrogen-bond acceptors (Lipinski definition) is 6. The number of hydrogen-bond donors (Lipinski definition) is 1. The van der Waals surface area contributed by atoms with Crippen LogP contribution in [0.2, 0.25) is 5.02 Å². The molecule has 38 heavy (non-hydrogen) atoms. The van der Waals surface area contributed by atoms with Gasteiger partial charge < -0.3 is 14.8 Å². The second kappa shape index (κ2) is 11.2. The number of aromatic nitrogens is 1. The van der Waals surface area contributed by atoms with E-state index in [1.165, 1.54) is 7.11 Å². The molecule has 0 aliphatic carbocycles. The van der Waals surface area contributed by atoms with E-state index >= 15 is 0 Å². The highest BCUT2D eigenvalue weighted by atomic mass is 35.5. The van der Waals surface area contributed by atoms with Crippen molar-refractivity contribution in [1.82, 2.24) is 10.3 Å². The van der Waals surface area contributed by atoms with Crippen molar-refractivity contribution in [2.75, 3.05) is 14.2 Å². The lowest BCUT2D eigenvalue weighted by molar-refractivity contribution is -0.142. The summed E-state index contributed by atoms with van der Waals surface area (Å²) in [7, 11) is 2.38. The van der Waals surface area contributed by atoms with Gasteiger partial charge in [-0.1, -0.05) is 35.9 Å². The van der Waals surface area contributed by atoms with Crippen molar-refractivity contribution in [3.05, 3.63) is 94.1 Å². The molecule has 0 aliphatic rings. The van der Waals surface area contributed by atoms with Gasteiger partial charge in [0.15, 0.2) is 0 Å². The third kappa shape index (κ3) is 5.26. The molecule has 0 radical (unpaired) electrons. The Balaban J connectivity index is 1.71. The van der Waals surface area contributed by atoms with Crippen molar-refractivity contribution in [2.45, 2.75) is 12.5 Å². The molecule has 1 aromatic heterocycles. The highest BCUT2D eigenvalue weighted by molar-refractivity contribution is 6.33. The number of carbonyl (C=O) groups excluding carboxylic acids is 2. The van der Waals surface area contributed by atoms with Crippen molar-refractivity contribution in [2.24, 2.45) is 0 Å². The van der Waals surface area contributed by atoms with E-state index in [2.05, 4.69) is 10.3 Å². The number of fused-ring (bicyclic) bond motifs is 1. The standard InChI is InChI=1S/C28H20ClF2N3O4/c1-37-17-12-22(30)25(23(31)13-17)27(35)34-24(28(36)38-2)11-16-6-8-20(26-18(16)4-3-9-33-26)19-7-5-15(14-32)10-21(19)29/h3-10,12-13,24H,11H2,1-2H3,(H,34,35)/t24-/m0/s1. The first-order valence-electron chi connectivity index (χ1n) is 11.3. The van der Waals surface area contributed by atoms with E-state index in [-0.39, 0.29) is 12.2 Å². The van der Waals surface area contributed by atoms with Gasteiger partial charge in [0.1, 0.15) is 29.0 Å². The normalized spacial score (nSPS) is 11.5. The summed E-state index contributed by atoms with van der Waals surface area (Å²) in [4.78, 5) is 29.9. The molecule has 0 saturated heterocycles. The second-order valence-electron chi connectivity index (χ2n) is 8.20. The largest absolute Gasteiger partial charge is 0.497 e. The molecule has 10 heteroatoms. The summed E-state index contributed by atoms with van der Waals surface area (Å²) in [5.74, 6) is -4.30. The maximum absolute atomic E-state index is 14.5. The lowest BCUT2D eigenvalue weighted by atomic mass is 9.94. The number of nitrogens with one attached hydrogen (secondary N) is 1. The van der Waals surface area contributed by atoms with Gasteiger partial charge in [0, 0.05) is 46.3 Å². The summed E-state index contributed by atoms with van der Waals surface area (Å²) in [5.41, 5.74) is 2.10. The van der Waals surface area contributed by atoms with Gasteiger partial charge in [-0.25, -0.2) is 13.6 Å². The Bertz CT molecular complexity index is 1580. The molecule has 1 N–H and O–H groups in total. The van der Waals surface area contributed by atoms with E-state index in [4.69, 9.17) is 26.3 Å². The number of methoxy groups -OCH3 is 2. The number of esters is 1. The van der Waals surface area contributed by atoms with Crippen LogP contribution in [0.5, 0.6) is 5.75 Å². The summed E-state index contributed by atoms with van der Waals surface area (Å²) in [6.45, 7) is 0. The topological polar surface area (TPSA) is 101 Å². The molecule has 1 amide bonds. The van der Waals surface area contributed by atoms with Crippen molar-refractivity contribution < 1.29 is 27.8 Å². The zero-order valence-corrected chi connectivity index (χ0v) is 21.0. The molecule has 0 unspecified atom stereocenters. The van der Waals surface area contributed by atoms with Gasteiger partial charge in [0.2, 0.25) is 0 Å². The lowest BCUT2D eigenvalue weighted by Crippen LogP contribution is -2.43. The zero-order valence-electron chi connectivity index (χ0n) is 20.2. The van der Waals surface area contributed by atoms with Crippen LogP contribution in [0, 0.1) is 23.0 Å². The second-order valence-corrected chi connectivity index (χ2v) is 8.60. The van der Waals surface area contributed by atoms with Crippen LogP contribution >= 0.6 is 11.6 Å². The minimum Gasteiger partial charge on any atom is -0.497 e. The number of nitrogens with zero attached hydrogens (tertiary/aromatic N) is 2. The maximum atomic E-state index is 14.5. The molecule has 0 saturated carbocycles. The summed E-state index contributed by atoms with van der Waals surface area (Å²) < 4.78 is 38.6. The van der Waals surface area contributed by atoms with Crippen LogP contribution in [-0.2, 0) is 16.0 Å². The fourth-order valence-electron chi connectivity index (χ4n) is 4.10. The number of carbonyl (C=O) groups is 2. The summed E-state index contributed by atoms with van der Waals surface area (Å²) in [6, 6.07) is 14.4. The molecule has 192 valence electrons. The van der Waals surface area contributed by atoms with Crippen molar-refractivity contribution in [1.29, 1.82) is 5.26 Å². The summed E-state index contributed by atoms with van der Waals surface area (Å²) in [5, 5.41) is 12.5. The van der Waals surface area contributed by atoms with E-state index in [1.54, 1.807) is 48.7 Å². The highest BCUT2D eigenvalue weighted by Crippen LogP contribution is 2.35. The molecule has 0 bridgehead atoms. The SMILES string of the molecule is COC(=O)[C@H](Cc1ccc(-c2ccc(C#N)cc2Cl)c2ncccc12)NC(=O)c1c(F)cc(OC)cc1F. The quantitative estimate of drug-likeness (QED) is 0.325. The van der Waals surface area contributed by atoms with Crippen LogP contribution < -0.4 is 10.1 Å². The predicted molar refractivity (Wildman–Crippen MR) is 137 cm³/mol. The zero-order chi connectivity index (χ0) is 27.4. The fraction of sp³-hybridized carbons (Fsp3) is 0.143. The van der Waals surface area contributed by atoms with Gasteiger partial charge in [0.05, 0.1) is 31.4 Å². The number of pyridine rings is 1. The smallest absolute Gasteiger partial charge is 0.328 e. The number of nitriles is 1. The molecule has 0 spiro atoms. The van der Waals surface area contributed by atoms with Gasteiger partial charge in [-0.05, 0) is 23.8 Å². The Kier molecular flexibility index (Phi) is 7.84. The van der Waals surface area contributed by atoms with Gasteiger partial charge in [-0.15, -0.1) is 0 Å². The molecule has 1 heterocycles. The van der Waals surface area contributed by atoms with Crippen LogP contribution in [0.4, 0.5) is 8.78 Å². The van der Waals surface area contributed by atoms with Crippen LogP contribution in [0.15, 0.2) is 60.8 Å². The maximum Gasteiger partial charge on any atom is 0.328 e. The molecule has 7 nitrogen and oxygen atoms in total. The molecule has 1 atom stereocenters. The van der Waals surface area contributed by atoms with Crippen LogP contribution in [0.25, 0.3) is 22.0 Å². The van der Waals surface area contributed by atoms with Gasteiger partial charge in [0.25, 0.3) is 5.91 Å². The van der Waals surface area contributed by atoms with E-state index < -0.39 is 35.1 Å². The third-order valence-electron chi connectivity index (χ3n) is 5.94. The Hall–Kier alpha value is -4.55. The Morgan fingerprint density at radius 1 is 1.08 bits per heavy atom. The van der Waals surface area contributed by atoms with Gasteiger partial charge >= 0.3 is 5.97 Å². The monoisotopic (exact) mass is 535 g/mol. The summed E-state index contributed by atoms with van der Waals surface area (Å²) >= 11 is 6.43. The molecule has 4 rings (SSSR count). The predicted octanol–water partition coefficient (Wildman–Crippen LogP) is 5.23. The lowest BCUT2D eigenvalue weighted by Gasteiger charge is -2.19. The number of amides is 1. The number of ether oxygens (including phenoxy) is 2. The van der Waals surface area contributed by atoms with Crippen molar-refractivity contribution in [3.63, 3.8) is 0 Å². The average molecular weight is 536 g/mol. The molecule has 0 aliphatic heterocycles. The molecule has 0 fully saturated rings. The van der Waals surface area contributed by atoms with Crippen molar-refractivity contribution >= 4 is 34.4 Å². The average Bonchev–Trinajstić information content (AvgIpc) is 2.92. The Labute approximate surface area is 221 Å². The van der Waals surface area contributed by atoms with E-state index in [1.807, 2.05) is 6.07 Å². The number of halogens is 3. The third-order valence-corrected chi connectivity index (χ3v) is 6.25. The van der Waals surface area contributed by atoms with Crippen LogP contribution in [0.3, 0.4) is 0 Å². The molecular formula is C28H20ClF2N3O4. The highest BCUT2D eigenvalue weighted by Gasteiger charge is 2.27. The minimum absolute atomic E-state index is 0.0542. The van der Waals surface area contributed by atoms with Crippen molar-refractivity contribution in [3.8, 4) is 22.9 Å². The Morgan fingerprint density at radius 3 is 2.42 bits per heavy atom. The van der Waals surface area contributed by atoms with Crippen LogP contribution in [-0.4, -0.2) is 37.1 Å². The first-order chi connectivity index (χ1) is 18.3. The first-order valence-corrected chi connectivity index (χ1v) is 11.6. The van der Waals surface area contributed by atoms with E-state index in [9.17, 15) is 18.4 Å². The van der Waals surface area contributed by atoms with E-state index in [0.29, 0.717) is 38.2 Å². The Morgan fingerprint density at radius 2 is 1.79 bits per heavy atom. The van der Waals surface area contributed by atoms with Gasteiger partial charge in [-0.3, -0.25) is 9.78 Å². The minimum atomic E-state index is -1.26. The molecular weight excluding hydrogens is 516 g/mol. The number of rotatable bonds is 7. The molecule has 4 aromatic rings. The van der Waals surface area contributed by atoms with Crippen LogP contribution in [0.1, 0.15) is 21.5 Å².